The lowest BCUT2D eigenvalue weighted by molar-refractivity contribution is -0.147. The molecule has 8 heteroatoms. The number of hydrogen-bond donors (Lipinski definition) is 1. The SMILES string of the molecule is CN(CC(=O)N1CCC(C(=O)O)CC1)C(=O)C(C)(C)c1ccc(Cl)cc1F. The Morgan fingerprint density at radius 3 is 2.41 bits per heavy atom. The maximum Gasteiger partial charge on any atom is 0.306 e. The zero-order valence-electron chi connectivity index (χ0n) is 15.7. The van der Waals surface area contributed by atoms with E-state index in [-0.39, 0.29) is 23.0 Å². The maximum absolute atomic E-state index is 14.2. The third-order valence-electron chi connectivity index (χ3n) is 5.06. The van der Waals surface area contributed by atoms with E-state index in [9.17, 15) is 18.8 Å². The Bertz CT molecular complexity index is 745. The fourth-order valence-electron chi connectivity index (χ4n) is 3.34. The van der Waals surface area contributed by atoms with Crippen LogP contribution in [0.25, 0.3) is 0 Å². The van der Waals surface area contributed by atoms with E-state index in [4.69, 9.17) is 16.7 Å². The van der Waals surface area contributed by atoms with Gasteiger partial charge in [0.2, 0.25) is 11.8 Å². The Kier molecular flexibility index (Phi) is 6.46. The van der Waals surface area contributed by atoms with Gasteiger partial charge in [0.25, 0.3) is 0 Å². The number of rotatable bonds is 5. The van der Waals surface area contributed by atoms with Gasteiger partial charge in [-0.15, -0.1) is 0 Å². The Morgan fingerprint density at radius 2 is 1.89 bits per heavy atom. The predicted molar refractivity (Wildman–Crippen MR) is 99.0 cm³/mol. The first-order valence-corrected chi connectivity index (χ1v) is 9.13. The Hall–Kier alpha value is -2.15. The highest BCUT2D eigenvalue weighted by atomic mass is 35.5. The largest absolute Gasteiger partial charge is 0.481 e. The molecule has 1 N–H and O–H groups in total. The van der Waals surface area contributed by atoms with Crippen molar-refractivity contribution in [2.75, 3.05) is 26.7 Å². The number of hydrogen-bond acceptors (Lipinski definition) is 3. The molecule has 148 valence electrons. The van der Waals surface area contributed by atoms with Crippen LogP contribution in [0.4, 0.5) is 4.39 Å². The first-order valence-electron chi connectivity index (χ1n) is 8.75. The van der Waals surface area contributed by atoms with E-state index in [1.807, 2.05) is 0 Å². The van der Waals surface area contributed by atoms with Crippen molar-refractivity contribution in [2.24, 2.45) is 5.92 Å². The van der Waals surface area contributed by atoms with E-state index in [1.54, 1.807) is 18.7 Å². The number of likely N-dealkylation sites (tertiary alicyclic amines) is 1. The zero-order chi connectivity index (χ0) is 20.4. The van der Waals surface area contributed by atoms with Crippen LogP contribution in [0.3, 0.4) is 0 Å². The summed E-state index contributed by atoms with van der Waals surface area (Å²) in [5, 5.41) is 9.27. The van der Waals surface area contributed by atoms with Crippen molar-refractivity contribution >= 4 is 29.4 Å². The second kappa shape index (κ2) is 8.25. The molecule has 0 aromatic heterocycles. The number of halogens is 2. The van der Waals surface area contributed by atoms with Crippen LogP contribution in [-0.2, 0) is 19.8 Å². The Morgan fingerprint density at radius 1 is 1.30 bits per heavy atom. The molecule has 1 heterocycles. The summed E-state index contributed by atoms with van der Waals surface area (Å²) in [6.45, 7) is 3.76. The minimum atomic E-state index is -1.17. The summed E-state index contributed by atoms with van der Waals surface area (Å²) >= 11 is 5.77. The van der Waals surface area contributed by atoms with Crippen LogP contribution in [0, 0.1) is 11.7 Å². The molecule has 1 aliphatic heterocycles. The third-order valence-corrected chi connectivity index (χ3v) is 5.29. The van der Waals surface area contributed by atoms with E-state index in [0.717, 1.165) is 6.07 Å². The lowest BCUT2D eigenvalue weighted by Gasteiger charge is -2.33. The molecule has 1 saturated heterocycles. The second-order valence-electron chi connectivity index (χ2n) is 7.40. The van der Waals surface area contributed by atoms with Crippen molar-refractivity contribution in [1.29, 1.82) is 0 Å². The van der Waals surface area contributed by atoms with Crippen molar-refractivity contribution in [1.82, 2.24) is 9.80 Å². The molecule has 0 bridgehead atoms. The molecular formula is C19H24ClFN2O4. The number of aliphatic carboxylic acids is 1. The van der Waals surface area contributed by atoms with Crippen molar-refractivity contribution < 1.29 is 23.9 Å². The summed E-state index contributed by atoms with van der Waals surface area (Å²) in [6, 6.07) is 4.15. The summed E-state index contributed by atoms with van der Waals surface area (Å²) in [5.41, 5.74) is -0.960. The average Bonchev–Trinajstić information content (AvgIpc) is 2.60. The predicted octanol–water partition coefficient (Wildman–Crippen LogP) is 2.54. The molecule has 0 saturated carbocycles. The first-order chi connectivity index (χ1) is 12.5. The van der Waals surface area contributed by atoms with Gasteiger partial charge >= 0.3 is 5.97 Å². The van der Waals surface area contributed by atoms with E-state index < -0.39 is 29.0 Å². The number of likely N-dealkylation sites (N-methyl/N-ethyl adjacent to an activating group) is 1. The molecule has 6 nitrogen and oxygen atoms in total. The third kappa shape index (κ3) is 4.77. The molecule has 1 aromatic rings. The smallest absolute Gasteiger partial charge is 0.306 e. The summed E-state index contributed by atoms with van der Waals surface area (Å²) < 4.78 is 14.2. The van der Waals surface area contributed by atoms with Crippen LogP contribution in [0.2, 0.25) is 5.02 Å². The zero-order valence-corrected chi connectivity index (χ0v) is 16.4. The highest BCUT2D eigenvalue weighted by Crippen LogP contribution is 2.29. The second-order valence-corrected chi connectivity index (χ2v) is 7.84. The number of carbonyl (C=O) groups excluding carboxylic acids is 2. The fourth-order valence-corrected chi connectivity index (χ4v) is 3.50. The molecule has 2 rings (SSSR count). The molecule has 27 heavy (non-hydrogen) atoms. The lowest BCUT2D eigenvalue weighted by atomic mass is 9.83. The number of carboxylic acid groups (broad SMARTS) is 1. The maximum atomic E-state index is 14.2. The first kappa shape index (κ1) is 21.2. The molecule has 1 fully saturated rings. The number of carbonyl (C=O) groups is 3. The van der Waals surface area contributed by atoms with Gasteiger partial charge in [-0.3, -0.25) is 14.4 Å². The number of carboxylic acids is 1. The van der Waals surface area contributed by atoms with Gasteiger partial charge in [0, 0.05) is 30.7 Å². The minimum absolute atomic E-state index is 0.144. The molecule has 1 aromatic carbocycles. The van der Waals surface area contributed by atoms with Gasteiger partial charge in [-0.05, 0) is 38.8 Å². The summed E-state index contributed by atoms with van der Waals surface area (Å²) in [4.78, 5) is 39.1. The molecule has 0 radical (unpaired) electrons. The van der Waals surface area contributed by atoms with Crippen molar-refractivity contribution in [3.05, 3.63) is 34.6 Å². The average molecular weight is 399 g/mol. The van der Waals surface area contributed by atoms with Gasteiger partial charge in [-0.25, -0.2) is 4.39 Å². The van der Waals surface area contributed by atoms with Crippen LogP contribution < -0.4 is 0 Å². The number of piperidine rings is 1. The highest BCUT2D eigenvalue weighted by Gasteiger charge is 2.36. The van der Waals surface area contributed by atoms with Crippen molar-refractivity contribution in [3.63, 3.8) is 0 Å². The molecule has 0 unspecified atom stereocenters. The van der Waals surface area contributed by atoms with Crippen molar-refractivity contribution in [2.45, 2.75) is 32.1 Å². The van der Waals surface area contributed by atoms with E-state index in [0.29, 0.717) is 25.9 Å². The van der Waals surface area contributed by atoms with Gasteiger partial charge in [-0.1, -0.05) is 17.7 Å². The molecule has 0 atom stereocenters. The van der Waals surface area contributed by atoms with Gasteiger partial charge < -0.3 is 14.9 Å². The van der Waals surface area contributed by atoms with Gasteiger partial charge in [-0.2, -0.15) is 0 Å². The molecule has 0 spiro atoms. The lowest BCUT2D eigenvalue weighted by Crippen LogP contribution is -2.49. The molecule has 2 amide bonds. The monoisotopic (exact) mass is 398 g/mol. The normalized spacial score (nSPS) is 15.5. The number of amides is 2. The highest BCUT2D eigenvalue weighted by molar-refractivity contribution is 6.30. The van der Waals surface area contributed by atoms with Gasteiger partial charge in [0.05, 0.1) is 17.9 Å². The van der Waals surface area contributed by atoms with Crippen LogP contribution >= 0.6 is 11.6 Å². The van der Waals surface area contributed by atoms with Gasteiger partial charge in [0.15, 0.2) is 0 Å². The summed E-state index contributed by atoms with van der Waals surface area (Å²) in [7, 11) is 1.50. The standard InChI is InChI=1S/C19H24ClFN2O4/c1-19(2,14-5-4-13(20)10-15(14)21)18(27)22(3)11-16(24)23-8-6-12(7-9-23)17(25)26/h4-5,10,12H,6-9,11H2,1-3H3,(H,25,26). The molecule has 1 aliphatic rings. The topological polar surface area (TPSA) is 77.9 Å². The number of nitrogens with zero attached hydrogens (tertiary/aromatic N) is 2. The molecule has 0 aliphatic carbocycles. The number of benzene rings is 1. The van der Waals surface area contributed by atoms with E-state index in [1.165, 1.54) is 24.1 Å². The van der Waals surface area contributed by atoms with Crippen LogP contribution in [-0.4, -0.2) is 59.4 Å². The van der Waals surface area contributed by atoms with E-state index in [2.05, 4.69) is 0 Å². The Balaban J connectivity index is 2.02. The summed E-state index contributed by atoms with van der Waals surface area (Å²) in [6.07, 6.45) is 0.806. The molecular weight excluding hydrogens is 375 g/mol. The van der Waals surface area contributed by atoms with Crippen molar-refractivity contribution in [3.8, 4) is 0 Å². The van der Waals surface area contributed by atoms with Crippen LogP contribution in [0.1, 0.15) is 32.3 Å². The Labute approximate surface area is 162 Å². The quantitative estimate of drug-likeness (QED) is 0.826. The van der Waals surface area contributed by atoms with Gasteiger partial charge in [0.1, 0.15) is 5.82 Å². The van der Waals surface area contributed by atoms with E-state index >= 15 is 0 Å². The fraction of sp³-hybridized carbons (Fsp3) is 0.526. The van der Waals surface area contributed by atoms with Crippen LogP contribution in [0.15, 0.2) is 18.2 Å². The summed E-state index contributed by atoms with van der Waals surface area (Å²) in [5.74, 6) is -2.49. The minimum Gasteiger partial charge on any atom is -0.481 e. The van der Waals surface area contributed by atoms with Crippen LogP contribution in [0.5, 0.6) is 0 Å².